The van der Waals surface area contributed by atoms with Crippen molar-refractivity contribution >= 4 is 17.5 Å². The van der Waals surface area contributed by atoms with Crippen LogP contribution in [-0.2, 0) is 0 Å². The maximum absolute atomic E-state index is 11.7. The summed E-state index contributed by atoms with van der Waals surface area (Å²) in [7, 11) is 1.67. The molecule has 4 heteroatoms. The van der Waals surface area contributed by atoms with Gasteiger partial charge in [0.2, 0.25) is 0 Å². The Morgan fingerprint density at radius 3 is 2.79 bits per heavy atom. The fourth-order valence-corrected chi connectivity index (χ4v) is 1.20. The van der Waals surface area contributed by atoms with Gasteiger partial charge < -0.3 is 10.0 Å². The summed E-state index contributed by atoms with van der Waals surface area (Å²) in [5.41, 5.74) is 0.238. The minimum absolute atomic E-state index is 0.0419. The molecular formula is C10H12ClNO2. The van der Waals surface area contributed by atoms with Gasteiger partial charge in [-0.1, -0.05) is 11.6 Å². The van der Waals surface area contributed by atoms with Crippen LogP contribution in [0.4, 0.5) is 0 Å². The van der Waals surface area contributed by atoms with E-state index in [1.807, 2.05) is 6.92 Å². The summed E-state index contributed by atoms with van der Waals surface area (Å²) in [6, 6.07) is 4.42. The van der Waals surface area contributed by atoms with Crippen LogP contribution < -0.4 is 0 Å². The van der Waals surface area contributed by atoms with Crippen LogP contribution in [0.25, 0.3) is 0 Å². The number of phenolic OH excluding ortho intramolecular Hbond substituents is 1. The molecule has 3 nitrogen and oxygen atoms in total. The zero-order valence-electron chi connectivity index (χ0n) is 8.12. The number of hydrogen-bond donors (Lipinski definition) is 1. The Morgan fingerprint density at radius 1 is 1.57 bits per heavy atom. The van der Waals surface area contributed by atoms with Crippen molar-refractivity contribution in [3.63, 3.8) is 0 Å². The second kappa shape index (κ2) is 4.33. The van der Waals surface area contributed by atoms with Gasteiger partial charge in [0.15, 0.2) is 0 Å². The Morgan fingerprint density at radius 2 is 2.21 bits per heavy atom. The summed E-state index contributed by atoms with van der Waals surface area (Å²) in [6.07, 6.45) is 0. The van der Waals surface area contributed by atoms with Gasteiger partial charge in [-0.15, -0.1) is 0 Å². The number of aromatic hydroxyl groups is 1. The van der Waals surface area contributed by atoms with Gasteiger partial charge in [-0.3, -0.25) is 4.79 Å². The molecule has 0 radical (unpaired) electrons. The summed E-state index contributed by atoms with van der Waals surface area (Å²) < 4.78 is 0. The number of halogens is 1. The molecule has 14 heavy (non-hydrogen) atoms. The molecule has 0 saturated carbocycles. The van der Waals surface area contributed by atoms with Gasteiger partial charge in [-0.05, 0) is 25.1 Å². The molecule has 0 fully saturated rings. The Labute approximate surface area is 87.9 Å². The first-order chi connectivity index (χ1) is 6.56. The molecule has 1 N–H and O–H groups in total. The third-order valence-electron chi connectivity index (χ3n) is 2.01. The zero-order valence-corrected chi connectivity index (χ0v) is 8.88. The third-order valence-corrected chi connectivity index (χ3v) is 2.25. The van der Waals surface area contributed by atoms with Gasteiger partial charge in [-0.2, -0.15) is 0 Å². The van der Waals surface area contributed by atoms with Crippen LogP contribution in [0.5, 0.6) is 5.75 Å². The highest BCUT2D eigenvalue weighted by atomic mass is 35.5. The number of carbonyl (C=O) groups excluding carboxylic acids is 1. The Bertz CT molecular complexity index is 352. The molecule has 1 amide bonds. The normalized spacial score (nSPS) is 9.93. The average Bonchev–Trinajstić information content (AvgIpc) is 2.19. The topological polar surface area (TPSA) is 40.5 Å². The Kier molecular flexibility index (Phi) is 3.36. The van der Waals surface area contributed by atoms with Crippen molar-refractivity contribution in [2.24, 2.45) is 0 Å². The van der Waals surface area contributed by atoms with Crippen LogP contribution in [0.1, 0.15) is 17.3 Å². The predicted octanol–water partition coefficient (Wildman–Crippen LogP) is 2.14. The Balaban J connectivity index is 3.06. The highest BCUT2D eigenvalue weighted by molar-refractivity contribution is 6.31. The smallest absolute Gasteiger partial charge is 0.257 e. The fourth-order valence-electron chi connectivity index (χ4n) is 1.03. The summed E-state index contributed by atoms with van der Waals surface area (Å²) in [4.78, 5) is 13.2. The predicted molar refractivity (Wildman–Crippen MR) is 55.8 cm³/mol. The van der Waals surface area contributed by atoms with Crippen molar-refractivity contribution < 1.29 is 9.90 Å². The second-order valence-corrected chi connectivity index (χ2v) is 3.42. The molecular weight excluding hydrogens is 202 g/mol. The average molecular weight is 214 g/mol. The van der Waals surface area contributed by atoms with E-state index in [1.165, 1.54) is 17.0 Å². The lowest BCUT2D eigenvalue weighted by atomic mass is 10.2. The van der Waals surface area contributed by atoms with Gasteiger partial charge in [0.1, 0.15) is 5.75 Å². The van der Waals surface area contributed by atoms with Crippen molar-refractivity contribution in [2.45, 2.75) is 6.92 Å². The van der Waals surface area contributed by atoms with Crippen molar-refractivity contribution in [1.29, 1.82) is 0 Å². The molecule has 1 aromatic rings. The first-order valence-corrected chi connectivity index (χ1v) is 4.68. The van der Waals surface area contributed by atoms with Crippen LogP contribution in [-0.4, -0.2) is 29.5 Å². The maximum atomic E-state index is 11.7. The third kappa shape index (κ3) is 2.17. The summed E-state index contributed by atoms with van der Waals surface area (Å²) in [6.45, 7) is 2.45. The summed E-state index contributed by atoms with van der Waals surface area (Å²) >= 11 is 5.73. The SMILES string of the molecule is CCN(C)C(=O)c1cc(Cl)ccc1O. The molecule has 0 heterocycles. The minimum Gasteiger partial charge on any atom is -0.507 e. The van der Waals surface area contributed by atoms with E-state index in [1.54, 1.807) is 13.1 Å². The van der Waals surface area contributed by atoms with Crippen LogP contribution in [0.15, 0.2) is 18.2 Å². The largest absolute Gasteiger partial charge is 0.507 e. The van der Waals surface area contributed by atoms with Gasteiger partial charge in [-0.25, -0.2) is 0 Å². The zero-order chi connectivity index (χ0) is 10.7. The van der Waals surface area contributed by atoms with E-state index in [-0.39, 0.29) is 17.2 Å². The van der Waals surface area contributed by atoms with Crippen molar-refractivity contribution in [3.05, 3.63) is 28.8 Å². The highest BCUT2D eigenvalue weighted by Gasteiger charge is 2.14. The van der Waals surface area contributed by atoms with Crippen LogP contribution in [0, 0.1) is 0 Å². The molecule has 1 rings (SSSR count). The first kappa shape index (κ1) is 10.9. The molecule has 0 aromatic heterocycles. The fraction of sp³-hybridized carbons (Fsp3) is 0.300. The van der Waals surface area contributed by atoms with E-state index in [0.29, 0.717) is 11.6 Å². The number of carbonyl (C=O) groups is 1. The number of rotatable bonds is 2. The number of amides is 1. The maximum Gasteiger partial charge on any atom is 0.257 e. The molecule has 0 bridgehead atoms. The molecule has 0 saturated heterocycles. The molecule has 0 spiro atoms. The van der Waals surface area contributed by atoms with Gasteiger partial charge in [0.05, 0.1) is 5.56 Å². The molecule has 0 aliphatic rings. The van der Waals surface area contributed by atoms with Crippen LogP contribution in [0.2, 0.25) is 5.02 Å². The van der Waals surface area contributed by atoms with Crippen molar-refractivity contribution in [2.75, 3.05) is 13.6 Å². The standard InChI is InChI=1S/C10H12ClNO2/c1-3-12(2)10(14)8-6-7(11)4-5-9(8)13/h4-6,13H,3H2,1-2H3. The van der Waals surface area contributed by atoms with Crippen LogP contribution in [0.3, 0.4) is 0 Å². The number of phenols is 1. The number of benzene rings is 1. The first-order valence-electron chi connectivity index (χ1n) is 4.30. The lowest BCUT2D eigenvalue weighted by molar-refractivity contribution is 0.0799. The Hall–Kier alpha value is -1.22. The van der Waals surface area contributed by atoms with Crippen LogP contribution >= 0.6 is 11.6 Å². The molecule has 1 aromatic carbocycles. The lowest BCUT2D eigenvalue weighted by Gasteiger charge is -2.15. The minimum atomic E-state index is -0.229. The second-order valence-electron chi connectivity index (χ2n) is 2.98. The quantitative estimate of drug-likeness (QED) is 0.818. The number of hydrogen-bond acceptors (Lipinski definition) is 2. The molecule has 76 valence electrons. The van der Waals surface area contributed by atoms with E-state index in [9.17, 15) is 9.90 Å². The van der Waals surface area contributed by atoms with E-state index >= 15 is 0 Å². The van der Waals surface area contributed by atoms with Crippen molar-refractivity contribution in [1.82, 2.24) is 4.90 Å². The van der Waals surface area contributed by atoms with E-state index in [4.69, 9.17) is 11.6 Å². The van der Waals surface area contributed by atoms with E-state index < -0.39 is 0 Å². The summed E-state index contributed by atoms with van der Waals surface area (Å²) in [5, 5.41) is 9.88. The van der Waals surface area contributed by atoms with Gasteiger partial charge in [0.25, 0.3) is 5.91 Å². The lowest BCUT2D eigenvalue weighted by Crippen LogP contribution is -2.26. The number of nitrogens with zero attached hydrogens (tertiary/aromatic N) is 1. The molecule has 0 atom stereocenters. The van der Waals surface area contributed by atoms with E-state index in [0.717, 1.165) is 0 Å². The highest BCUT2D eigenvalue weighted by Crippen LogP contribution is 2.22. The monoisotopic (exact) mass is 213 g/mol. The molecule has 0 aliphatic heterocycles. The van der Waals surface area contributed by atoms with Gasteiger partial charge in [0, 0.05) is 18.6 Å². The molecule has 0 unspecified atom stereocenters. The molecule has 0 aliphatic carbocycles. The summed E-state index contributed by atoms with van der Waals surface area (Å²) in [5.74, 6) is -0.271. The van der Waals surface area contributed by atoms with Crippen molar-refractivity contribution in [3.8, 4) is 5.75 Å². The van der Waals surface area contributed by atoms with Gasteiger partial charge >= 0.3 is 0 Å². The van der Waals surface area contributed by atoms with E-state index in [2.05, 4.69) is 0 Å².